The van der Waals surface area contributed by atoms with Crippen molar-refractivity contribution >= 4 is 35.0 Å². The van der Waals surface area contributed by atoms with Gasteiger partial charge in [0.2, 0.25) is 0 Å². The minimum absolute atomic E-state index is 0.106. The van der Waals surface area contributed by atoms with Crippen molar-refractivity contribution in [3.05, 3.63) is 95.0 Å². The third-order valence-corrected chi connectivity index (χ3v) is 5.69. The highest BCUT2D eigenvalue weighted by molar-refractivity contribution is 6.30. The summed E-state index contributed by atoms with van der Waals surface area (Å²) in [5.41, 5.74) is 1.60. The summed E-state index contributed by atoms with van der Waals surface area (Å²) in [5.74, 6) is -0.107. The molecular weight excluding hydrogens is 440 g/mol. The molecule has 0 radical (unpaired) electrons. The fraction of sp³-hybridized carbons (Fsp3) is 0.192. The number of hydrogen-bond acceptors (Lipinski definition) is 4. The van der Waals surface area contributed by atoms with E-state index in [0.29, 0.717) is 53.5 Å². The van der Waals surface area contributed by atoms with E-state index in [1.807, 2.05) is 18.2 Å². The first-order valence-electron chi connectivity index (χ1n) is 10.7. The molecule has 0 unspecified atom stereocenters. The molecule has 3 amide bonds. The van der Waals surface area contributed by atoms with Crippen LogP contribution < -0.4 is 9.64 Å². The number of rotatable bonds is 9. The van der Waals surface area contributed by atoms with E-state index in [-0.39, 0.29) is 24.3 Å². The summed E-state index contributed by atoms with van der Waals surface area (Å²) < 4.78 is 5.63. The smallest absolute Gasteiger partial charge is 0.264 e. The zero-order chi connectivity index (χ0) is 23.2. The van der Waals surface area contributed by atoms with Crippen LogP contribution in [0, 0.1) is 0 Å². The summed E-state index contributed by atoms with van der Waals surface area (Å²) in [7, 11) is 0. The average molecular weight is 463 g/mol. The maximum atomic E-state index is 13.0. The number of hydrogen-bond donors (Lipinski definition) is 0. The van der Waals surface area contributed by atoms with Crippen molar-refractivity contribution in [2.24, 2.45) is 0 Å². The van der Waals surface area contributed by atoms with Gasteiger partial charge in [0.05, 0.1) is 11.1 Å². The summed E-state index contributed by atoms with van der Waals surface area (Å²) in [6.45, 7) is 0.613. The molecule has 0 saturated carbocycles. The fourth-order valence-corrected chi connectivity index (χ4v) is 3.87. The monoisotopic (exact) mass is 462 g/mol. The summed E-state index contributed by atoms with van der Waals surface area (Å²) in [4.78, 5) is 40.9. The normalized spacial score (nSPS) is 12.6. The second kappa shape index (κ2) is 10.3. The zero-order valence-corrected chi connectivity index (χ0v) is 18.7. The van der Waals surface area contributed by atoms with Crippen LogP contribution in [0.25, 0.3) is 0 Å². The second-order valence-electron chi connectivity index (χ2n) is 7.64. The highest BCUT2D eigenvalue weighted by atomic mass is 35.5. The Labute approximate surface area is 197 Å². The second-order valence-corrected chi connectivity index (χ2v) is 8.07. The van der Waals surface area contributed by atoms with Crippen LogP contribution in [-0.4, -0.2) is 42.3 Å². The van der Waals surface area contributed by atoms with Gasteiger partial charge < -0.3 is 9.64 Å². The molecule has 0 spiro atoms. The number of ether oxygens (including phenoxy) is 1. The van der Waals surface area contributed by atoms with Crippen molar-refractivity contribution in [3.63, 3.8) is 0 Å². The number of imide groups is 1. The lowest BCUT2D eigenvalue weighted by Gasteiger charge is -2.23. The molecule has 0 bridgehead atoms. The summed E-state index contributed by atoms with van der Waals surface area (Å²) in [6, 6.07) is 23.0. The molecular formula is C26H23ClN2O4. The van der Waals surface area contributed by atoms with Crippen molar-refractivity contribution in [1.29, 1.82) is 0 Å². The quantitative estimate of drug-likeness (QED) is 0.337. The minimum Gasteiger partial charge on any atom is -0.484 e. The van der Waals surface area contributed by atoms with Gasteiger partial charge in [-0.15, -0.1) is 0 Å². The van der Waals surface area contributed by atoms with Crippen molar-refractivity contribution in [2.45, 2.75) is 12.8 Å². The van der Waals surface area contributed by atoms with E-state index in [9.17, 15) is 14.4 Å². The SMILES string of the molecule is O=C1c2ccccc2C(=O)N1CCCCN(C(=O)COc1ccccc1)c1ccc(Cl)cc1. The van der Waals surface area contributed by atoms with Gasteiger partial charge in [-0.1, -0.05) is 41.9 Å². The first kappa shape index (κ1) is 22.6. The van der Waals surface area contributed by atoms with E-state index in [2.05, 4.69) is 0 Å². The first-order valence-corrected chi connectivity index (χ1v) is 11.1. The molecule has 0 fully saturated rings. The molecule has 7 heteroatoms. The Kier molecular flexibility index (Phi) is 7.05. The summed E-state index contributed by atoms with van der Waals surface area (Å²) in [6.07, 6.45) is 1.18. The van der Waals surface area contributed by atoms with Crippen LogP contribution in [0.2, 0.25) is 5.02 Å². The van der Waals surface area contributed by atoms with E-state index >= 15 is 0 Å². The predicted octanol–water partition coefficient (Wildman–Crippen LogP) is 4.83. The Balaban J connectivity index is 1.36. The lowest BCUT2D eigenvalue weighted by atomic mass is 10.1. The van der Waals surface area contributed by atoms with E-state index in [1.165, 1.54) is 4.90 Å². The van der Waals surface area contributed by atoms with E-state index < -0.39 is 0 Å². The molecule has 0 atom stereocenters. The molecule has 0 aliphatic carbocycles. The molecule has 3 aromatic rings. The molecule has 168 valence electrons. The molecule has 1 aliphatic heterocycles. The summed E-state index contributed by atoms with van der Waals surface area (Å²) >= 11 is 6.00. The standard InChI is InChI=1S/C26H23ClN2O4/c27-19-12-14-20(15-13-19)28(24(30)18-33-21-8-2-1-3-9-21)16-6-7-17-29-25(31)22-10-4-5-11-23(22)26(29)32/h1-5,8-15H,6-7,16-18H2. The van der Waals surface area contributed by atoms with Gasteiger partial charge in [0, 0.05) is 23.8 Å². The molecule has 0 aromatic heterocycles. The Morgan fingerprint density at radius 1 is 0.818 bits per heavy atom. The first-order chi connectivity index (χ1) is 16.0. The number of para-hydroxylation sites is 1. The topological polar surface area (TPSA) is 66.9 Å². The van der Waals surface area contributed by atoms with Gasteiger partial charge in [0.25, 0.3) is 17.7 Å². The van der Waals surface area contributed by atoms with Gasteiger partial charge in [-0.25, -0.2) is 0 Å². The number of anilines is 1. The number of halogens is 1. The lowest BCUT2D eigenvalue weighted by molar-refractivity contribution is -0.120. The number of carbonyl (C=O) groups excluding carboxylic acids is 3. The van der Waals surface area contributed by atoms with Crippen LogP contribution in [-0.2, 0) is 4.79 Å². The Bertz CT molecular complexity index is 1110. The van der Waals surface area contributed by atoms with Crippen LogP contribution in [0.15, 0.2) is 78.9 Å². The number of nitrogens with zero attached hydrogens (tertiary/aromatic N) is 2. The average Bonchev–Trinajstić information content (AvgIpc) is 3.09. The highest BCUT2D eigenvalue weighted by Crippen LogP contribution is 2.23. The van der Waals surface area contributed by atoms with Gasteiger partial charge in [-0.05, 0) is 61.4 Å². The Hall–Kier alpha value is -3.64. The third kappa shape index (κ3) is 5.23. The van der Waals surface area contributed by atoms with E-state index in [1.54, 1.807) is 65.6 Å². The molecule has 0 N–H and O–H groups in total. The number of unbranched alkanes of at least 4 members (excludes halogenated alkanes) is 1. The molecule has 6 nitrogen and oxygen atoms in total. The predicted molar refractivity (Wildman–Crippen MR) is 127 cm³/mol. The maximum absolute atomic E-state index is 13.0. The maximum Gasteiger partial charge on any atom is 0.264 e. The number of fused-ring (bicyclic) bond motifs is 1. The van der Waals surface area contributed by atoms with Crippen LogP contribution in [0.3, 0.4) is 0 Å². The highest BCUT2D eigenvalue weighted by Gasteiger charge is 2.34. The van der Waals surface area contributed by atoms with Gasteiger partial charge in [0.15, 0.2) is 6.61 Å². The van der Waals surface area contributed by atoms with Crippen LogP contribution in [0.4, 0.5) is 5.69 Å². The molecule has 0 saturated heterocycles. The summed E-state index contributed by atoms with van der Waals surface area (Å²) in [5, 5.41) is 0.581. The molecule has 1 aliphatic rings. The zero-order valence-electron chi connectivity index (χ0n) is 17.9. The van der Waals surface area contributed by atoms with Crippen LogP contribution >= 0.6 is 11.6 Å². The van der Waals surface area contributed by atoms with Gasteiger partial charge in [-0.3, -0.25) is 19.3 Å². The number of benzene rings is 3. The largest absolute Gasteiger partial charge is 0.484 e. The molecule has 33 heavy (non-hydrogen) atoms. The van der Waals surface area contributed by atoms with Crippen molar-refractivity contribution in [2.75, 3.05) is 24.6 Å². The van der Waals surface area contributed by atoms with Gasteiger partial charge in [-0.2, -0.15) is 0 Å². The Morgan fingerprint density at radius 3 is 2.06 bits per heavy atom. The van der Waals surface area contributed by atoms with E-state index in [4.69, 9.17) is 16.3 Å². The number of amides is 3. The van der Waals surface area contributed by atoms with Gasteiger partial charge in [0.1, 0.15) is 5.75 Å². The van der Waals surface area contributed by atoms with Crippen LogP contribution in [0.1, 0.15) is 33.6 Å². The van der Waals surface area contributed by atoms with Crippen molar-refractivity contribution in [3.8, 4) is 5.75 Å². The molecule has 4 rings (SSSR count). The van der Waals surface area contributed by atoms with Crippen molar-refractivity contribution < 1.29 is 19.1 Å². The minimum atomic E-state index is -0.266. The van der Waals surface area contributed by atoms with Crippen molar-refractivity contribution in [1.82, 2.24) is 4.90 Å². The lowest BCUT2D eigenvalue weighted by Crippen LogP contribution is -2.36. The third-order valence-electron chi connectivity index (χ3n) is 5.44. The van der Waals surface area contributed by atoms with Crippen LogP contribution in [0.5, 0.6) is 5.75 Å². The number of carbonyl (C=O) groups is 3. The molecule has 3 aromatic carbocycles. The fourth-order valence-electron chi connectivity index (χ4n) is 3.74. The molecule has 1 heterocycles. The van der Waals surface area contributed by atoms with E-state index in [0.717, 1.165) is 0 Å². The Morgan fingerprint density at radius 2 is 1.42 bits per heavy atom. The van der Waals surface area contributed by atoms with Gasteiger partial charge >= 0.3 is 0 Å².